The lowest BCUT2D eigenvalue weighted by molar-refractivity contribution is -0.114. The predicted octanol–water partition coefficient (Wildman–Crippen LogP) is 1.47. The molecular weight excluding hydrogens is 372 g/mol. The SMILES string of the molecule is COC(=O)c1ccccc1NC(=O)CS(=O)(=O)CC(=O)Nc1ccccc1. The van der Waals surface area contributed by atoms with E-state index in [1.807, 2.05) is 0 Å². The Morgan fingerprint density at radius 3 is 2.04 bits per heavy atom. The molecule has 8 nitrogen and oxygen atoms in total. The van der Waals surface area contributed by atoms with Crippen molar-refractivity contribution >= 4 is 39.0 Å². The van der Waals surface area contributed by atoms with E-state index < -0.39 is 39.1 Å². The number of esters is 1. The first kappa shape index (κ1) is 20.1. The summed E-state index contributed by atoms with van der Waals surface area (Å²) in [4.78, 5) is 35.6. The maximum absolute atomic E-state index is 12.1. The third kappa shape index (κ3) is 6.23. The van der Waals surface area contributed by atoms with Crippen molar-refractivity contribution in [3.05, 3.63) is 60.2 Å². The summed E-state index contributed by atoms with van der Waals surface area (Å²) in [7, 11) is -2.81. The van der Waals surface area contributed by atoms with Crippen LogP contribution in [0.5, 0.6) is 0 Å². The highest BCUT2D eigenvalue weighted by Crippen LogP contribution is 2.16. The lowest BCUT2D eigenvalue weighted by Gasteiger charge is -2.10. The zero-order valence-corrected chi connectivity index (χ0v) is 15.3. The van der Waals surface area contributed by atoms with E-state index >= 15 is 0 Å². The van der Waals surface area contributed by atoms with Crippen LogP contribution in [0.25, 0.3) is 0 Å². The summed E-state index contributed by atoms with van der Waals surface area (Å²) in [5, 5.41) is 4.80. The van der Waals surface area contributed by atoms with Gasteiger partial charge in [-0.15, -0.1) is 0 Å². The van der Waals surface area contributed by atoms with Crippen molar-refractivity contribution < 1.29 is 27.5 Å². The molecule has 2 N–H and O–H groups in total. The molecule has 2 rings (SSSR count). The molecule has 0 aliphatic heterocycles. The molecule has 0 aromatic heterocycles. The van der Waals surface area contributed by atoms with Gasteiger partial charge in [0.25, 0.3) is 0 Å². The zero-order valence-electron chi connectivity index (χ0n) is 14.5. The molecule has 0 fully saturated rings. The number of carbonyl (C=O) groups excluding carboxylic acids is 3. The Kier molecular flexibility index (Phi) is 6.67. The molecule has 9 heteroatoms. The van der Waals surface area contributed by atoms with Crippen LogP contribution < -0.4 is 10.6 Å². The van der Waals surface area contributed by atoms with Crippen molar-refractivity contribution in [3.63, 3.8) is 0 Å². The van der Waals surface area contributed by atoms with Gasteiger partial charge in [-0.3, -0.25) is 9.59 Å². The van der Waals surface area contributed by atoms with Gasteiger partial charge in [0.2, 0.25) is 11.8 Å². The van der Waals surface area contributed by atoms with E-state index in [4.69, 9.17) is 0 Å². The molecule has 2 aromatic rings. The lowest BCUT2D eigenvalue weighted by Crippen LogP contribution is -2.30. The first-order valence-electron chi connectivity index (χ1n) is 7.83. The Labute approximate surface area is 156 Å². The number of amides is 2. The van der Waals surface area contributed by atoms with E-state index in [1.54, 1.807) is 42.5 Å². The van der Waals surface area contributed by atoms with Crippen molar-refractivity contribution in [1.29, 1.82) is 0 Å². The van der Waals surface area contributed by atoms with Gasteiger partial charge in [-0.2, -0.15) is 0 Å². The topological polar surface area (TPSA) is 119 Å². The highest BCUT2D eigenvalue weighted by atomic mass is 32.2. The predicted molar refractivity (Wildman–Crippen MR) is 100 cm³/mol. The van der Waals surface area contributed by atoms with Crippen molar-refractivity contribution in [2.45, 2.75) is 0 Å². The molecule has 0 spiro atoms. The number of anilines is 2. The van der Waals surface area contributed by atoms with Gasteiger partial charge in [0.1, 0.15) is 11.5 Å². The molecule has 0 saturated carbocycles. The molecule has 0 unspecified atom stereocenters. The van der Waals surface area contributed by atoms with Gasteiger partial charge in [-0.1, -0.05) is 30.3 Å². The van der Waals surface area contributed by atoms with Gasteiger partial charge < -0.3 is 15.4 Å². The van der Waals surface area contributed by atoms with E-state index in [9.17, 15) is 22.8 Å². The number of sulfone groups is 1. The van der Waals surface area contributed by atoms with E-state index in [-0.39, 0.29) is 11.3 Å². The fraction of sp³-hybridized carbons (Fsp3) is 0.167. The van der Waals surface area contributed by atoms with E-state index in [0.29, 0.717) is 5.69 Å². The normalized spacial score (nSPS) is 10.7. The standard InChI is InChI=1S/C18H18N2O6S/c1-26-18(23)14-9-5-6-10-15(14)20-17(22)12-27(24,25)11-16(21)19-13-7-3-2-4-8-13/h2-10H,11-12H2,1H3,(H,19,21)(H,20,22). The van der Waals surface area contributed by atoms with Crippen LogP contribution in [0.15, 0.2) is 54.6 Å². The number of ether oxygens (including phenoxy) is 1. The van der Waals surface area contributed by atoms with Gasteiger partial charge >= 0.3 is 5.97 Å². The third-order valence-electron chi connectivity index (χ3n) is 3.37. The van der Waals surface area contributed by atoms with Gasteiger partial charge in [-0.25, -0.2) is 13.2 Å². The van der Waals surface area contributed by atoms with E-state index in [2.05, 4.69) is 15.4 Å². The van der Waals surface area contributed by atoms with Crippen LogP contribution >= 0.6 is 0 Å². The van der Waals surface area contributed by atoms with Crippen molar-refractivity contribution in [1.82, 2.24) is 0 Å². The Balaban J connectivity index is 1.98. The highest BCUT2D eigenvalue weighted by molar-refractivity contribution is 7.92. The molecule has 142 valence electrons. The van der Waals surface area contributed by atoms with Crippen LogP contribution in [-0.2, 0) is 24.2 Å². The maximum Gasteiger partial charge on any atom is 0.339 e. The Hall–Kier alpha value is -3.20. The van der Waals surface area contributed by atoms with Crippen LogP contribution in [0.3, 0.4) is 0 Å². The van der Waals surface area contributed by atoms with Crippen LogP contribution in [0.4, 0.5) is 11.4 Å². The number of para-hydroxylation sites is 2. The molecule has 0 heterocycles. The largest absolute Gasteiger partial charge is 0.465 e. The first-order valence-corrected chi connectivity index (χ1v) is 9.65. The number of hydrogen-bond acceptors (Lipinski definition) is 6. The molecule has 0 aliphatic carbocycles. The number of benzene rings is 2. The number of rotatable bonds is 7. The Morgan fingerprint density at radius 2 is 1.41 bits per heavy atom. The average Bonchev–Trinajstić information content (AvgIpc) is 2.61. The fourth-order valence-electron chi connectivity index (χ4n) is 2.24. The van der Waals surface area contributed by atoms with E-state index in [0.717, 1.165) is 0 Å². The summed E-state index contributed by atoms with van der Waals surface area (Å²) in [6.07, 6.45) is 0. The minimum absolute atomic E-state index is 0.0903. The summed E-state index contributed by atoms with van der Waals surface area (Å²) in [5.74, 6) is -4.02. The minimum atomic E-state index is -4.00. The second-order valence-electron chi connectivity index (χ2n) is 5.53. The summed E-state index contributed by atoms with van der Waals surface area (Å²) in [6.45, 7) is 0. The first-order chi connectivity index (χ1) is 12.8. The summed E-state index contributed by atoms with van der Waals surface area (Å²) in [5.41, 5.74) is 0.667. The second-order valence-corrected chi connectivity index (χ2v) is 7.60. The zero-order chi connectivity index (χ0) is 19.9. The van der Waals surface area contributed by atoms with Crippen molar-refractivity contribution in [2.24, 2.45) is 0 Å². The monoisotopic (exact) mass is 390 g/mol. The van der Waals surface area contributed by atoms with Crippen LogP contribution in [-0.4, -0.2) is 44.8 Å². The number of methoxy groups -OCH3 is 1. The quantitative estimate of drug-likeness (QED) is 0.691. The highest BCUT2D eigenvalue weighted by Gasteiger charge is 2.22. The summed E-state index contributed by atoms with van der Waals surface area (Å²) < 4.78 is 28.8. The molecule has 0 bridgehead atoms. The molecule has 0 atom stereocenters. The number of carbonyl (C=O) groups is 3. The molecule has 2 aromatic carbocycles. The average molecular weight is 390 g/mol. The molecule has 27 heavy (non-hydrogen) atoms. The van der Waals surface area contributed by atoms with Crippen LogP contribution in [0.2, 0.25) is 0 Å². The molecule has 0 radical (unpaired) electrons. The molecule has 0 aliphatic rings. The number of nitrogens with one attached hydrogen (secondary N) is 2. The lowest BCUT2D eigenvalue weighted by atomic mass is 10.2. The van der Waals surface area contributed by atoms with Crippen molar-refractivity contribution in [2.75, 3.05) is 29.2 Å². The van der Waals surface area contributed by atoms with Crippen LogP contribution in [0, 0.1) is 0 Å². The third-order valence-corrected chi connectivity index (χ3v) is 4.77. The summed E-state index contributed by atoms with van der Waals surface area (Å²) in [6, 6.07) is 14.4. The maximum atomic E-state index is 12.1. The second kappa shape index (κ2) is 8.95. The smallest absolute Gasteiger partial charge is 0.339 e. The van der Waals surface area contributed by atoms with Gasteiger partial charge in [-0.05, 0) is 24.3 Å². The molecule has 0 saturated heterocycles. The van der Waals surface area contributed by atoms with E-state index in [1.165, 1.54) is 19.2 Å². The minimum Gasteiger partial charge on any atom is -0.465 e. The summed E-state index contributed by atoms with van der Waals surface area (Å²) >= 11 is 0. The Morgan fingerprint density at radius 1 is 0.852 bits per heavy atom. The fourth-order valence-corrected chi connectivity index (χ4v) is 3.28. The van der Waals surface area contributed by atoms with Crippen molar-refractivity contribution in [3.8, 4) is 0 Å². The molecular formula is C18H18N2O6S. The van der Waals surface area contributed by atoms with Gasteiger partial charge in [0.15, 0.2) is 9.84 Å². The number of hydrogen-bond donors (Lipinski definition) is 2. The Bertz CT molecular complexity index is 941. The van der Waals surface area contributed by atoms with Gasteiger partial charge in [0.05, 0.1) is 18.4 Å². The van der Waals surface area contributed by atoms with Crippen LogP contribution in [0.1, 0.15) is 10.4 Å². The molecule has 2 amide bonds. The van der Waals surface area contributed by atoms with Gasteiger partial charge in [0, 0.05) is 5.69 Å².